The van der Waals surface area contributed by atoms with Crippen LogP contribution in [0.3, 0.4) is 0 Å². The van der Waals surface area contributed by atoms with Crippen LogP contribution in [0.5, 0.6) is 0 Å². The molecule has 0 aromatic rings. The molecule has 4 unspecified atom stereocenters. The van der Waals surface area contributed by atoms with Gasteiger partial charge in [0, 0.05) is 30.5 Å². The number of hydrogen-bond donors (Lipinski definition) is 0. The summed E-state index contributed by atoms with van der Waals surface area (Å²) in [4.78, 5) is 24.9. The van der Waals surface area contributed by atoms with Gasteiger partial charge in [-0.05, 0) is 20.8 Å². The van der Waals surface area contributed by atoms with Gasteiger partial charge in [-0.2, -0.15) is 0 Å². The number of hydrogen-bond acceptors (Lipinski definition) is 8. The summed E-state index contributed by atoms with van der Waals surface area (Å²) >= 11 is 0. The van der Waals surface area contributed by atoms with Crippen molar-refractivity contribution in [2.24, 2.45) is 11.3 Å². The number of carbonyl (C=O) groups excluding carboxylic acids is 2. The summed E-state index contributed by atoms with van der Waals surface area (Å²) in [5, 5.41) is 0. The minimum Gasteiger partial charge on any atom is -0.460 e. The lowest BCUT2D eigenvalue weighted by Crippen LogP contribution is -2.35. The lowest BCUT2D eigenvalue weighted by Gasteiger charge is -2.28. The van der Waals surface area contributed by atoms with Crippen molar-refractivity contribution in [3.63, 3.8) is 0 Å². The molecule has 0 N–H and O–H groups in total. The molecule has 6 nitrogen and oxygen atoms in total. The molecule has 1 saturated heterocycles. The van der Waals surface area contributed by atoms with Gasteiger partial charge < -0.3 is 18.9 Å². The summed E-state index contributed by atoms with van der Waals surface area (Å²) < 4.78 is 21.8. The predicted octanol–water partition coefficient (Wildman–Crippen LogP) is 3.37. The summed E-state index contributed by atoms with van der Waals surface area (Å²) in [6, 6.07) is 0. The van der Waals surface area contributed by atoms with Crippen LogP contribution in [0, 0.1) is 11.3 Å². The number of Topliss-reactive ketones (excluding diaryl/α,β-unsaturated/α-hetero) is 1. The highest BCUT2D eigenvalue weighted by Gasteiger charge is 2.35. The second-order valence-electron chi connectivity index (χ2n) is 7.75. The van der Waals surface area contributed by atoms with Crippen molar-refractivity contribution in [3.8, 4) is 0 Å². The molecule has 0 aliphatic carbocycles. The van der Waals surface area contributed by atoms with E-state index in [9.17, 15) is 9.59 Å². The van der Waals surface area contributed by atoms with Crippen LogP contribution in [0.15, 0.2) is 0 Å². The smallest absolute Gasteiger partial charge is 0.310 e. The molecule has 1 fully saturated rings. The fourth-order valence-electron chi connectivity index (χ4n) is 2.37. The molecule has 27 heavy (non-hydrogen) atoms. The van der Waals surface area contributed by atoms with Gasteiger partial charge >= 0.3 is 5.97 Å². The Bertz CT molecular complexity index is 471. The zero-order valence-corrected chi connectivity index (χ0v) is 19.0. The predicted molar refractivity (Wildman–Crippen MR) is 110 cm³/mol. The number of esters is 1. The van der Waals surface area contributed by atoms with E-state index in [1.807, 2.05) is 27.7 Å². The van der Waals surface area contributed by atoms with E-state index in [1.165, 1.54) is 0 Å². The van der Waals surface area contributed by atoms with Gasteiger partial charge in [-0.1, -0.05) is 35.4 Å². The van der Waals surface area contributed by atoms with Gasteiger partial charge in [0.1, 0.15) is 11.9 Å². The van der Waals surface area contributed by atoms with Crippen LogP contribution in [0.4, 0.5) is 0 Å². The summed E-state index contributed by atoms with van der Waals surface area (Å²) in [5.41, 5.74) is -0.402. The Hall–Kier alpha value is -0.280. The average molecular weight is 423 g/mol. The monoisotopic (exact) mass is 422 g/mol. The molecule has 0 amide bonds. The van der Waals surface area contributed by atoms with Gasteiger partial charge in [0.25, 0.3) is 0 Å². The van der Waals surface area contributed by atoms with E-state index >= 15 is 0 Å². The van der Waals surface area contributed by atoms with Crippen LogP contribution >= 0.6 is 21.6 Å². The standard InChI is InChI=1S/C19H34O6S2/c1-13(8-22-6)23-9-14(2)24-10-15(3)25-18(21)16-7-17(20)19(4,5)12-27-26-11-16/h13-16H,7-12H2,1-6H3. The molecule has 1 heterocycles. The molecular weight excluding hydrogens is 388 g/mol. The van der Waals surface area contributed by atoms with E-state index < -0.39 is 11.3 Å². The first-order chi connectivity index (χ1) is 12.7. The quantitative estimate of drug-likeness (QED) is 0.392. The summed E-state index contributed by atoms with van der Waals surface area (Å²) in [5.74, 6) is 0.777. The van der Waals surface area contributed by atoms with Crippen LogP contribution < -0.4 is 0 Å². The maximum absolute atomic E-state index is 12.5. The minimum atomic E-state index is -0.402. The number of carbonyl (C=O) groups is 2. The summed E-state index contributed by atoms with van der Waals surface area (Å²) in [6.07, 6.45) is -0.231. The Morgan fingerprint density at radius 2 is 1.67 bits per heavy atom. The van der Waals surface area contributed by atoms with Gasteiger partial charge in [-0.25, -0.2) is 0 Å². The van der Waals surface area contributed by atoms with Crippen LogP contribution in [-0.2, 0) is 28.5 Å². The van der Waals surface area contributed by atoms with Crippen LogP contribution in [0.1, 0.15) is 41.0 Å². The van der Waals surface area contributed by atoms with E-state index in [2.05, 4.69) is 0 Å². The molecule has 0 bridgehead atoms. The van der Waals surface area contributed by atoms with Crippen molar-refractivity contribution < 1.29 is 28.5 Å². The SMILES string of the molecule is COCC(C)OCC(C)OCC(C)OC(=O)C1CSSCC(C)(C)C(=O)C1. The van der Waals surface area contributed by atoms with E-state index in [0.717, 1.165) is 5.75 Å². The second kappa shape index (κ2) is 12.3. The van der Waals surface area contributed by atoms with Crippen LogP contribution in [0.2, 0.25) is 0 Å². The van der Waals surface area contributed by atoms with E-state index in [-0.39, 0.29) is 36.5 Å². The van der Waals surface area contributed by atoms with E-state index in [1.54, 1.807) is 35.6 Å². The van der Waals surface area contributed by atoms with Crippen LogP contribution in [-0.4, -0.2) is 68.5 Å². The van der Waals surface area contributed by atoms with Gasteiger partial charge in [-0.3, -0.25) is 9.59 Å². The zero-order valence-electron chi connectivity index (χ0n) is 17.3. The van der Waals surface area contributed by atoms with Crippen molar-refractivity contribution in [1.29, 1.82) is 0 Å². The van der Waals surface area contributed by atoms with Gasteiger partial charge in [0.2, 0.25) is 0 Å². The normalized spacial score (nSPS) is 23.8. The fraction of sp³-hybridized carbons (Fsp3) is 0.895. The van der Waals surface area contributed by atoms with Crippen molar-refractivity contribution in [3.05, 3.63) is 0 Å². The highest BCUT2D eigenvalue weighted by molar-refractivity contribution is 8.76. The van der Waals surface area contributed by atoms with Gasteiger partial charge in [0.15, 0.2) is 0 Å². The van der Waals surface area contributed by atoms with Crippen molar-refractivity contribution in [1.82, 2.24) is 0 Å². The molecule has 1 aliphatic heterocycles. The van der Waals surface area contributed by atoms with Crippen molar-refractivity contribution in [2.45, 2.75) is 59.4 Å². The third-order valence-corrected chi connectivity index (χ3v) is 7.05. The average Bonchev–Trinajstić information content (AvgIpc) is 2.59. The molecule has 158 valence electrons. The molecule has 1 rings (SSSR count). The Labute approximate surface area is 171 Å². The third kappa shape index (κ3) is 9.65. The van der Waals surface area contributed by atoms with Crippen LogP contribution in [0.25, 0.3) is 0 Å². The van der Waals surface area contributed by atoms with E-state index in [0.29, 0.717) is 25.6 Å². The van der Waals surface area contributed by atoms with Gasteiger partial charge in [-0.15, -0.1) is 0 Å². The Balaban J connectivity index is 2.37. The maximum atomic E-state index is 12.5. The lowest BCUT2D eigenvalue weighted by atomic mass is 9.85. The fourth-order valence-corrected chi connectivity index (χ4v) is 5.34. The number of rotatable bonds is 10. The Morgan fingerprint density at radius 3 is 2.30 bits per heavy atom. The minimum absolute atomic E-state index is 0.00720. The first kappa shape index (κ1) is 24.8. The molecule has 8 heteroatoms. The molecule has 4 atom stereocenters. The van der Waals surface area contributed by atoms with E-state index in [4.69, 9.17) is 18.9 Å². The number of methoxy groups -OCH3 is 1. The Morgan fingerprint density at radius 1 is 1.07 bits per heavy atom. The largest absolute Gasteiger partial charge is 0.460 e. The zero-order chi connectivity index (χ0) is 20.4. The van der Waals surface area contributed by atoms with Crippen molar-refractivity contribution in [2.75, 3.05) is 38.4 Å². The molecule has 0 radical (unpaired) electrons. The first-order valence-electron chi connectivity index (χ1n) is 9.36. The molecule has 0 saturated carbocycles. The highest BCUT2D eigenvalue weighted by Crippen LogP contribution is 2.37. The number of ether oxygens (including phenoxy) is 4. The van der Waals surface area contributed by atoms with Gasteiger partial charge in [0.05, 0.1) is 37.9 Å². The summed E-state index contributed by atoms with van der Waals surface area (Å²) in [6.45, 7) is 10.8. The molecule has 0 spiro atoms. The Kier molecular flexibility index (Phi) is 11.3. The molecule has 0 aromatic heterocycles. The third-order valence-electron chi connectivity index (χ3n) is 4.24. The highest BCUT2D eigenvalue weighted by atomic mass is 33.1. The maximum Gasteiger partial charge on any atom is 0.310 e. The molecule has 0 aromatic carbocycles. The molecular formula is C19H34O6S2. The molecule has 1 aliphatic rings. The summed E-state index contributed by atoms with van der Waals surface area (Å²) in [7, 11) is 4.92. The lowest BCUT2D eigenvalue weighted by molar-refractivity contribution is -0.158. The van der Waals surface area contributed by atoms with Crippen molar-refractivity contribution >= 4 is 33.3 Å². The first-order valence-corrected chi connectivity index (χ1v) is 11.8. The second-order valence-corrected chi connectivity index (χ2v) is 10.3. The topological polar surface area (TPSA) is 71.1 Å². The number of ketones is 1.